The first-order valence-electron chi connectivity index (χ1n) is 5.83. The molecule has 0 aliphatic rings. The summed E-state index contributed by atoms with van der Waals surface area (Å²) in [6.07, 6.45) is 0. The smallest absolute Gasteiger partial charge is 0.0558 e. The second-order valence-electron chi connectivity index (χ2n) is 4.29. The molecule has 1 aromatic rings. The van der Waals surface area contributed by atoms with Gasteiger partial charge in [-0.1, -0.05) is 37.3 Å². The van der Waals surface area contributed by atoms with Crippen molar-refractivity contribution in [2.24, 2.45) is 11.7 Å². The molecule has 0 saturated heterocycles. The Morgan fingerprint density at radius 2 is 2.00 bits per heavy atom. The molecule has 0 aromatic heterocycles. The molecule has 1 unspecified atom stereocenters. The van der Waals surface area contributed by atoms with Gasteiger partial charge in [-0.15, -0.1) is 0 Å². The van der Waals surface area contributed by atoms with Crippen molar-refractivity contribution < 1.29 is 5.11 Å². The first-order valence-corrected chi connectivity index (χ1v) is 5.83. The van der Waals surface area contributed by atoms with Crippen LogP contribution in [0.15, 0.2) is 30.3 Å². The van der Waals surface area contributed by atoms with Crippen LogP contribution >= 0.6 is 0 Å². The normalized spacial score (nSPS) is 13.0. The molecule has 0 aliphatic heterocycles. The highest BCUT2D eigenvalue weighted by Gasteiger charge is 2.09. The third-order valence-corrected chi connectivity index (χ3v) is 2.64. The Morgan fingerprint density at radius 3 is 2.56 bits per heavy atom. The summed E-state index contributed by atoms with van der Waals surface area (Å²) in [5, 5.41) is 9.03. The van der Waals surface area contributed by atoms with Gasteiger partial charge in [-0.3, -0.25) is 4.90 Å². The molecule has 3 N–H and O–H groups in total. The Bertz CT molecular complexity index is 277. The minimum atomic E-state index is 0.199. The molecule has 0 saturated carbocycles. The van der Waals surface area contributed by atoms with Gasteiger partial charge in [0, 0.05) is 19.6 Å². The first-order chi connectivity index (χ1) is 7.76. The zero-order valence-electron chi connectivity index (χ0n) is 9.97. The minimum absolute atomic E-state index is 0.199. The summed E-state index contributed by atoms with van der Waals surface area (Å²) in [6, 6.07) is 10.3. The molecule has 1 atom stereocenters. The Hall–Kier alpha value is -0.900. The summed E-state index contributed by atoms with van der Waals surface area (Å²) < 4.78 is 0. The lowest BCUT2D eigenvalue weighted by Crippen LogP contribution is -2.33. The molecule has 0 heterocycles. The van der Waals surface area contributed by atoms with E-state index in [-0.39, 0.29) is 6.61 Å². The van der Waals surface area contributed by atoms with Crippen LogP contribution in [0.1, 0.15) is 12.5 Å². The molecule has 1 rings (SSSR count). The molecule has 0 spiro atoms. The van der Waals surface area contributed by atoms with E-state index in [2.05, 4.69) is 24.0 Å². The Morgan fingerprint density at radius 1 is 1.31 bits per heavy atom. The lowest BCUT2D eigenvalue weighted by atomic mass is 10.1. The standard InChI is InChI=1S/C13H22N2O/c1-12(9-14)10-15(7-8-16)11-13-5-3-2-4-6-13/h2-6,12,16H,7-11,14H2,1H3. The van der Waals surface area contributed by atoms with Gasteiger partial charge in [-0.2, -0.15) is 0 Å². The molecule has 0 bridgehead atoms. The van der Waals surface area contributed by atoms with Crippen LogP contribution in [0.5, 0.6) is 0 Å². The lowest BCUT2D eigenvalue weighted by molar-refractivity contribution is 0.173. The van der Waals surface area contributed by atoms with Crippen molar-refractivity contribution in [2.45, 2.75) is 13.5 Å². The third kappa shape index (κ3) is 4.75. The van der Waals surface area contributed by atoms with E-state index in [9.17, 15) is 0 Å². The summed E-state index contributed by atoms with van der Waals surface area (Å²) >= 11 is 0. The average Bonchev–Trinajstić information content (AvgIpc) is 2.30. The van der Waals surface area contributed by atoms with Gasteiger partial charge in [0.05, 0.1) is 6.61 Å². The molecular weight excluding hydrogens is 200 g/mol. The Balaban J connectivity index is 2.50. The van der Waals surface area contributed by atoms with Gasteiger partial charge in [0.1, 0.15) is 0 Å². The maximum Gasteiger partial charge on any atom is 0.0558 e. The van der Waals surface area contributed by atoms with Crippen molar-refractivity contribution in [3.05, 3.63) is 35.9 Å². The van der Waals surface area contributed by atoms with Crippen molar-refractivity contribution in [1.29, 1.82) is 0 Å². The van der Waals surface area contributed by atoms with Gasteiger partial charge in [0.15, 0.2) is 0 Å². The number of aliphatic hydroxyl groups is 1. The fourth-order valence-corrected chi connectivity index (χ4v) is 1.73. The molecular formula is C13H22N2O. The fourth-order valence-electron chi connectivity index (χ4n) is 1.73. The number of nitrogens with two attached hydrogens (primary N) is 1. The quantitative estimate of drug-likeness (QED) is 0.725. The van der Waals surface area contributed by atoms with Gasteiger partial charge in [0.25, 0.3) is 0 Å². The van der Waals surface area contributed by atoms with Gasteiger partial charge in [-0.25, -0.2) is 0 Å². The molecule has 90 valence electrons. The summed E-state index contributed by atoms with van der Waals surface area (Å²) in [5.41, 5.74) is 6.90. The van der Waals surface area contributed by atoms with Crippen LogP contribution in [-0.4, -0.2) is 36.2 Å². The van der Waals surface area contributed by atoms with Crippen molar-refractivity contribution in [1.82, 2.24) is 4.90 Å². The zero-order valence-corrected chi connectivity index (χ0v) is 9.97. The van der Waals surface area contributed by atoms with Crippen LogP contribution in [0.3, 0.4) is 0 Å². The number of hydrogen-bond acceptors (Lipinski definition) is 3. The number of nitrogens with zero attached hydrogens (tertiary/aromatic N) is 1. The molecule has 3 nitrogen and oxygen atoms in total. The first kappa shape index (κ1) is 13.2. The predicted molar refractivity (Wildman–Crippen MR) is 67.0 cm³/mol. The summed E-state index contributed by atoms with van der Waals surface area (Å²) in [4.78, 5) is 2.24. The highest BCUT2D eigenvalue weighted by molar-refractivity contribution is 5.14. The molecule has 16 heavy (non-hydrogen) atoms. The molecule has 3 heteroatoms. The van der Waals surface area contributed by atoms with Crippen LogP contribution in [0, 0.1) is 5.92 Å². The summed E-state index contributed by atoms with van der Waals surface area (Å²) in [5.74, 6) is 0.468. The van der Waals surface area contributed by atoms with E-state index >= 15 is 0 Å². The van der Waals surface area contributed by atoms with E-state index in [0.717, 1.165) is 13.1 Å². The van der Waals surface area contributed by atoms with E-state index in [1.165, 1.54) is 5.56 Å². The topological polar surface area (TPSA) is 49.5 Å². The van der Waals surface area contributed by atoms with Crippen LogP contribution in [0.25, 0.3) is 0 Å². The van der Waals surface area contributed by atoms with Gasteiger partial charge in [0.2, 0.25) is 0 Å². The van der Waals surface area contributed by atoms with Gasteiger partial charge in [-0.05, 0) is 18.0 Å². The predicted octanol–water partition coefficient (Wildman–Crippen LogP) is 1.08. The van der Waals surface area contributed by atoms with Crippen molar-refractivity contribution in [2.75, 3.05) is 26.2 Å². The Labute approximate surface area is 97.9 Å². The van der Waals surface area contributed by atoms with Gasteiger partial charge >= 0.3 is 0 Å². The van der Waals surface area contributed by atoms with E-state index in [1.54, 1.807) is 0 Å². The average molecular weight is 222 g/mol. The SMILES string of the molecule is CC(CN)CN(CCO)Cc1ccccc1. The second-order valence-corrected chi connectivity index (χ2v) is 4.29. The minimum Gasteiger partial charge on any atom is -0.395 e. The molecule has 0 amide bonds. The summed E-state index contributed by atoms with van der Waals surface area (Å²) in [7, 11) is 0. The van der Waals surface area contributed by atoms with Gasteiger partial charge < -0.3 is 10.8 Å². The van der Waals surface area contributed by atoms with Crippen LogP contribution in [0.4, 0.5) is 0 Å². The number of hydrogen-bond donors (Lipinski definition) is 2. The summed E-state index contributed by atoms with van der Waals surface area (Å²) in [6.45, 7) is 5.55. The second kappa shape index (κ2) is 7.39. The largest absolute Gasteiger partial charge is 0.395 e. The van der Waals surface area contributed by atoms with Crippen LogP contribution < -0.4 is 5.73 Å². The fraction of sp³-hybridized carbons (Fsp3) is 0.538. The number of rotatable bonds is 7. The highest BCUT2D eigenvalue weighted by Crippen LogP contribution is 2.06. The van der Waals surface area contributed by atoms with Crippen LogP contribution in [0.2, 0.25) is 0 Å². The highest BCUT2D eigenvalue weighted by atomic mass is 16.3. The van der Waals surface area contributed by atoms with Crippen LogP contribution in [-0.2, 0) is 6.54 Å². The van der Waals surface area contributed by atoms with E-state index < -0.39 is 0 Å². The zero-order chi connectivity index (χ0) is 11.8. The van der Waals surface area contributed by atoms with E-state index in [0.29, 0.717) is 19.0 Å². The number of benzene rings is 1. The maximum atomic E-state index is 9.03. The van der Waals surface area contributed by atoms with Crippen molar-refractivity contribution in [3.8, 4) is 0 Å². The maximum absolute atomic E-state index is 9.03. The molecule has 0 aliphatic carbocycles. The van der Waals surface area contributed by atoms with Crippen molar-refractivity contribution >= 4 is 0 Å². The Kier molecular flexibility index (Phi) is 6.08. The van der Waals surface area contributed by atoms with E-state index in [4.69, 9.17) is 10.8 Å². The third-order valence-electron chi connectivity index (χ3n) is 2.64. The van der Waals surface area contributed by atoms with Crippen molar-refractivity contribution in [3.63, 3.8) is 0 Å². The lowest BCUT2D eigenvalue weighted by Gasteiger charge is -2.24. The molecule has 1 aromatic carbocycles. The monoisotopic (exact) mass is 222 g/mol. The molecule has 0 radical (unpaired) electrons. The number of aliphatic hydroxyl groups excluding tert-OH is 1. The molecule has 0 fully saturated rings. The van der Waals surface area contributed by atoms with E-state index in [1.807, 2.05) is 18.2 Å².